The molecule has 1 fully saturated rings. The minimum absolute atomic E-state index is 0.291. The van der Waals surface area contributed by atoms with E-state index < -0.39 is 0 Å². The third-order valence-corrected chi connectivity index (χ3v) is 4.94. The van der Waals surface area contributed by atoms with Gasteiger partial charge in [0.1, 0.15) is 5.75 Å². The average Bonchev–Trinajstić information content (AvgIpc) is 2.65. The highest BCUT2D eigenvalue weighted by Gasteiger charge is 2.29. The van der Waals surface area contributed by atoms with Crippen molar-refractivity contribution in [2.45, 2.75) is 57.4 Å². The summed E-state index contributed by atoms with van der Waals surface area (Å²) in [6.07, 6.45) is 8.95. The number of hydrogen-bond donors (Lipinski definition) is 1. The zero-order chi connectivity index (χ0) is 14.4. The van der Waals surface area contributed by atoms with Gasteiger partial charge in [0.15, 0.2) is 0 Å². The number of ether oxygens (including phenoxy) is 1. The summed E-state index contributed by atoms with van der Waals surface area (Å²) in [5.41, 5.74) is 1.68. The first-order valence-electron chi connectivity index (χ1n) is 7.76. The maximum atomic E-state index is 5.32. The lowest BCUT2D eigenvalue weighted by Crippen LogP contribution is -2.46. The molecule has 1 heterocycles. The van der Waals surface area contributed by atoms with E-state index in [2.05, 4.69) is 46.4 Å². The molecule has 2 rings (SSSR count). The molecular weight excluding hydrogens is 314 g/mol. The van der Waals surface area contributed by atoms with Gasteiger partial charge in [0.2, 0.25) is 0 Å². The maximum absolute atomic E-state index is 5.32. The summed E-state index contributed by atoms with van der Waals surface area (Å²) in [6, 6.07) is 6.48. The Bertz CT molecular complexity index is 425. The lowest BCUT2D eigenvalue weighted by molar-refractivity contribution is 0.288. The molecule has 0 aliphatic carbocycles. The summed E-state index contributed by atoms with van der Waals surface area (Å²) >= 11 is 3.60. The Labute approximate surface area is 131 Å². The molecule has 2 nitrogen and oxygen atoms in total. The first-order valence-corrected chi connectivity index (χ1v) is 8.56. The molecular formula is C17H26BrNO. The van der Waals surface area contributed by atoms with E-state index in [1.54, 1.807) is 7.11 Å². The number of nitrogens with one attached hydrogen (secondary N) is 1. The molecule has 1 aromatic rings. The smallest absolute Gasteiger partial charge is 0.133 e. The van der Waals surface area contributed by atoms with Crippen molar-refractivity contribution in [3.63, 3.8) is 0 Å². The summed E-state index contributed by atoms with van der Waals surface area (Å²) in [5, 5.41) is 3.85. The van der Waals surface area contributed by atoms with Crippen LogP contribution in [0, 0.1) is 0 Å². The highest BCUT2D eigenvalue weighted by molar-refractivity contribution is 9.10. The van der Waals surface area contributed by atoms with Crippen LogP contribution in [0.15, 0.2) is 22.7 Å². The van der Waals surface area contributed by atoms with E-state index in [0.717, 1.165) is 23.2 Å². The summed E-state index contributed by atoms with van der Waals surface area (Å²) in [4.78, 5) is 0. The normalized spacial score (nSPS) is 23.4. The van der Waals surface area contributed by atoms with Crippen molar-refractivity contribution >= 4 is 15.9 Å². The zero-order valence-corrected chi connectivity index (χ0v) is 14.3. The van der Waals surface area contributed by atoms with Crippen molar-refractivity contribution in [3.8, 4) is 5.75 Å². The molecule has 1 saturated heterocycles. The molecule has 1 aromatic carbocycles. The molecule has 1 aliphatic heterocycles. The lowest BCUT2D eigenvalue weighted by Gasteiger charge is -2.34. The van der Waals surface area contributed by atoms with Crippen molar-refractivity contribution in [1.29, 1.82) is 0 Å². The van der Waals surface area contributed by atoms with Crippen LogP contribution in [0.1, 0.15) is 51.0 Å². The van der Waals surface area contributed by atoms with E-state index in [4.69, 9.17) is 4.74 Å². The molecule has 112 valence electrons. The summed E-state index contributed by atoms with van der Waals surface area (Å²) in [5.74, 6) is 0.909. The van der Waals surface area contributed by atoms with Gasteiger partial charge >= 0.3 is 0 Å². The molecule has 20 heavy (non-hydrogen) atoms. The van der Waals surface area contributed by atoms with Gasteiger partial charge in [0.25, 0.3) is 0 Å². The van der Waals surface area contributed by atoms with Crippen molar-refractivity contribution in [2.24, 2.45) is 0 Å². The van der Waals surface area contributed by atoms with Crippen LogP contribution in [-0.4, -0.2) is 19.2 Å². The van der Waals surface area contributed by atoms with E-state index in [-0.39, 0.29) is 0 Å². The second-order valence-corrected chi connectivity index (χ2v) is 6.77. The van der Waals surface area contributed by atoms with E-state index in [1.807, 2.05) is 0 Å². The van der Waals surface area contributed by atoms with E-state index in [0.29, 0.717) is 5.54 Å². The van der Waals surface area contributed by atoms with E-state index in [9.17, 15) is 0 Å². The first kappa shape index (κ1) is 15.8. The predicted molar refractivity (Wildman–Crippen MR) is 88.5 cm³/mol. The topological polar surface area (TPSA) is 21.3 Å². The highest BCUT2D eigenvalue weighted by atomic mass is 79.9. The second kappa shape index (κ2) is 7.46. The Morgan fingerprint density at radius 2 is 2.15 bits per heavy atom. The molecule has 1 aliphatic rings. The van der Waals surface area contributed by atoms with Crippen molar-refractivity contribution in [1.82, 2.24) is 5.32 Å². The van der Waals surface area contributed by atoms with Crippen LogP contribution in [0.25, 0.3) is 0 Å². The van der Waals surface area contributed by atoms with Gasteiger partial charge in [-0.15, -0.1) is 0 Å². The van der Waals surface area contributed by atoms with Gasteiger partial charge in [-0.25, -0.2) is 0 Å². The van der Waals surface area contributed by atoms with E-state index >= 15 is 0 Å². The molecule has 1 N–H and O–H groups in total. The summed E-state index contributed by atoms with van der Waals surface area (Å²) in [7, 11) is 1.71. The van der Waals surface area contributed by atoms with Gasteiger partial charge in [0.05, 0.1) is 11.6 Å². The molecule has 0 amide bonds. The number of methoxy groups -OCH3 is 1. The van der Waals surface area contributed by atoms with Gasteiger partial charge in [0, 0.05) is 5.54 Å². The molecule has 1 unspecified atom stereocenters. The van der Waals surface area contributed by atoms with Crippen LogP contribution in [0.2, 0.25) is 0 Å². The largest absolute Gasteiger partial charge is 0.496 e. The minimum atomic E-state index is 0.291. The number of rotatable bonds is 5. The SMILES string of the molecule is CCCC1(Cc2ccc(OC)c(Br)c2)CCCCCN1. The molecule has 0 spiro atoms. The summed E-state index contributed by atoms with van der Waals surface area (Å²) in [6.45, 7) is 3.45. The van der Waals surface area contributed by atoms with Crippen LogP contribution < -0.4 is 10.1 Å². The highest BCUT2D eigenvalue weighted by Crippen LogP contribution is 2.31. The van der Waals surface area contributed by atoms with Crippen LogP contribution in [0.5, 0.6) is 5.75 Å². The fourth-order valence-corrected chi connectivity index (χ4v) is 3.94. The van der Waals surface area contributed by atoms with Crippen molar-refractivity contribution in [2.75, 3.05) is 13.7 Å². The van der Waals surface area contributed by atoms with Gasteiger partial charge < -0.3 is 10.1 Å². The second-order valence-electron chi connectivity index (χ2n) is 5.91. The van der Waals surface area contributed by atoms with Gasteiger partial charge in [-0.05, 0) is 65.9 Å². The Morgan fingerprint density at radius 3 is 2.85 bits per heavy atom. The Balaban J connectivity index is 2.16. The molecule has 0 radical (unpaired) electrons. The number of benzene rings is 1. The van der Waals surface area contributed by atoms with Gasteiger partial charge in [-0.1, -0.05) is 32.3 Å². The molecule has 3 heteroatoms. The van der Waals surface area contributed by atoms with Crippen LogP contribution in [-0.2, 0) is 6.42 Å². The third kappa shape index (κ3) is 3.98. The number of hydrogen-bond acceptors (Lipinski definition) is 2. The molecule has 0 saturated carbocycles. The maximum Gasteiger partial charge on any atom is 0.133 e. The van der Waals surface area contributed by atoms with Crippen LogP contribution >= 0.6 is 15.9 Å². The summed E-state index contributed by atoms with van der Waals surface area (Å²) < 4.78 is 6.37. The zero-order valence-electron chi connectivity index (χ0n) is 12.7. The van der Waals surface area contributed by atoms with Gasteiger partial charge in [-0.2, -0.15) is 0 Å². The molecule has 1 atom stereocenters. The Kier molecular flexibility index (Phi) is 5.91. The minimum Gasteiger partial charge on any atom is -0.496 e. The third-order valence-electron chi connectivity index (χ3n) is 4.32. The average molecular weight is 340 g/mol. The quantitative estimate of drug-likeness (QED) is 0.839. The number of halogens is 1. The van der Waals surface area contributed by atoms with Gasteiger partial charge in [-0.3, -0.25) is 0 Å². The lowest BCUT2D eigenvalue weighted by atomic mass is 9.83. The van der Waals surface area contributed by atoms with E-state index in [1.165, 1.54) is 44.1 Å². The molecule has 0 aromatic heterocycles. The Morgan fingerprint density at radius 1 is 1.30 bits per heavy atom. The predicted octanol–water partition coefficient (Wildman–Crippen LogP) is 4.70. The van der Waals surface area contributed by atoms with Crippen LogP contribution in [0.3, 0.4) is 0 Å². The fraction of sp³-hybridized carbons (Fsp3) is 0.647. The monoisotopic (exact) mass is 339 g/mol. The first-order chi connectivity index (χ1) is 9.69. The fourth-order valence-electron chi connectivity index (χ4n) is 3.35. The van der Waals surface area contributed by atoms with Crippen molar-refractivity contribution < 1.29 is 4.74 Å². The Hall–Kier alpha value is -0.540. The van der Waals surface area contributed by atoms with Crippen LogP contribution in [0.4, 0.5) is 0 Å². The van der Waals surface area contributed by atoms with Crippen molar-refractivity contribution in [3.05, 3.63) is 28.2 Å². The standard InChI is InChI=1S/C17H26BrNO/c1-3-9-17(10-5-4-6-11-19-17)13-14-7-8-16(20-2)15(18)12-14/h7-8,12,19H,3-6,9-11,13H2,1-2H3. The molecule has 0 bridgehead atoms.